The number of halogens is 1. The highest BCUT2D eigenvalue weighted by Crippen LogP contribution is 2.33. The molecule has 0 saturated carbocycles. The second-order valence-corrected chi connectivity index (χ2v) is 7.80. The molecule has 2 aromatic carbocycles. The lowest BCUT2D eigenvalue weighted by Crippen LogP contribution is -2.24. The Bertz CT molecular complexity index is 977. The molecule has 3 aromatic rings. The lowest BCUT2D eigenvalue weighted by molar-refractivity contribution is -0.124. The van der Waals surface area contributed by atoms with E-state index in [2.05, 4.69) is 20.8 Å². The third kappa shape index (κ3) is 4.25. The molecule has 0 fully saturated rings. The molecule has 148 valence electrons. The first-order chi connectivity index (χ1) is 13.3. The number of Topliss-reactive ketones (excluding diaryl/α,β-unsaturated/α-hetero) is 1. The van der Waals surface area contributed by atoms with E-state index in [1.54, 1.807) is 6.07 Å². The van der Waals surface area contributed by atoms with Crippen molar-refractivity contribution in [3.8, 4) is 0 Å². The van der Waals surface area contributed by atoms with Crippen LogP contribution >= 0.6 is 0 Å². The van der Waals surface area contributed by atoms with E-state index in [0.717, 1.165) is 23.1 Å². The second kappa shape index (κ2) is 8.15. The highest BCUT2D eigenvalue weighted by Gasteiger charge is 2.25. The molecule has 0 aliphatic heterocycles. The normalized spacial score (nSPS) is 11.9. The van der Waals surface area contributed by atoms with Crippen LogP contribution in [0.25, 0.3) is 10.9 Å². The van der Waals surface area contributed by atoms with Gasteiger partial charge in [-0.1, -0.05) is 51.1 Å². The number of nitrogens with two attached hydrogens (primary N) is 1. The van der Waals surface area contributed by atoms with Gasteiger partial charge in [0.2, 0.25) is 0 Å². The molecule has 0 bridgehead atoms. The molecule has 2 N–H and O–H groups in total. The van der Waals surface area contributed by atoms with Gasteiger partial charge in [0.05, 0.1) is 24.4 Å². The summed E-state index contributed by atoms with van der Waals surface area (Å²) < 4.78 is 21.6. The minimum Gasteiger partial charge on any atom is -0.396 e. The van der Waals surface area contributed by atoms with Crippen LogP contribution in [0.2, 0.25) is 0 Å². The Kier molecular flexibility index (Phi) is 5.84. The Balaban J connectivity index is 1.83. The Morgan fingerprint density at radius 3 is 2.57 bits per heavy atom. The molecule has 0 spiro atoms. The van der Waals surface area contributed by atoms with Gasteiger partial charge in [-0.2, -0.15) is 0 Å². The molecular weight excluding hydrogens is 355 g/mol. The number of fused-ring (bicyclic) bond motifs is 1. The third-order valence-electron chi connectivity index (χ3n) is 5.31. The SMILES string of the molecule is CCC(C)(C)c1cc2cc(N)c(F)cc2n1CC(=O)COCc1ccccc1. The number of nitrogens with zero attached hydrogens (tertiary/aromatic N) is 1. The van der Waals surface area contributed by atoms with E-state index in [0.29, 0.717) is 12.1 Å². The zero-order valence-electron chi connectivity index (χ0n) is 16.7. The monoisotopic (exact) mass is 382 g/mol. The second-order valence-electron chi connectivity index (χ2n) is 7.80. The molecule has 0 saturated heterocycles. The lowest BCUT2D eigenvalue weighted by Gasteiger charge is -2.25. The molecule has 0 radical (unpaired) electrons. The summed E-state index contributed by atoms with van der Waals surface area (Å²) in [4.78, 5) is 12.6. The van der Waals surface area contributed by atoms with Gasteiger partial charge in [0.1, 0.15) is 12.4 Å². The van der Waals surface area contributed by atoms with E-state index in [-0.39, 0.29) is 30.0 Å². The van der Waals surface area contributed by atoms with Crippen molar-refractivity contribution >= 4 is 22.4 Å². The first-order valence-electron chi connectivity index (χ1n) is 9.54. The molecule has 3 rings (SSSR count). The van der Waals surface area contributed by atoms with Crippen LogP contribution in [-0.4, -0.2) is 17.0 Å². The van der Waals surface area contributed by atoms with E-state index < -0.39 is 5.82 Å². The Morgan fingerprint density at radius 1 is 1.18 bits per heavy atom. The molecule has 0 amide bonds. The van der Waals surface area contributed by atoms with Gasteiger partial charge in [-0.3, -0.25) is 4.79 Å². The maximum atomic E-state index is 14.1. The van der Waals surface area contributed by atoms with Gasteiger partial charge in [0.15, 0.2) is 5.78 Å². The molecule has 1 aromatic heterocycles. The molecule has 0 atom stereocenters. The third-order valence-corrected chi connectivity index (χ3v) is 5.31. The first-order valence-corrected chi connectivity index (χ1v) is 9.54. The van der Waals surface area contributed by atoms with Gasteiger partial charge < -0.3 is 15.0 Å². The summed E-state index contributed by atoms with van der Waals surface area (Å²) in [5.74, 6) is -0.528. The van der Waals surface area contributed by atoms with Crippen LogP contribution in [-0.2, 0) is 28.1 Å². The van der Waals surface area contributed by atoms with Gasteiger partial charge >= 0.3 is 0 Å². The van der Waals surface area contributed by atoms with E-state index >= 15 is 0 Å². The van der Waals surface area contributed by atoms with Crippen LogP contribution in [0.3, 0.4) is 0 Å². The van der Waals surface area contributed by atoms with Gasteiger partial charge in [0, 0.05) is 22.6 Å². The van der Waals surface area contributed by atoms with Crippen molar-refractivity contribution in [3.05, 3.63) is 65.6 Å². The predicted molar refractivity (Wildman–Crippen MR) is 111 cm³/mol. The fourth-order valence-electron chi connectivity index (χ4n) is 3.29. The summed E-state index contributed by atoms with van der Waals surface area (Å²) in [5, 5.41) is 0.841. The fourth-order valence-corrected chi connectivity index (χ4v) is 3.29. The van der Waals surface area contributed by atoms with Crippen LogP contribution in [0.15, 0.2) is 48.5 Å². The Hall–Kier alpha value is -2.66. The Labute approximate surface area is 165 Å². The van der Waals surface area contributed by atoms with Crippen molar-refractivity contribution in [3.63, 3.8) is 0 Å². The van der Waals surface area contributed by atoms with Crippen molar-refractivity contribution in [1.29, 1.82) is 0 Å². The number of anilines is 1. The van der Waals surface area contributed by atoms with Crippen LogP contribution in [0.1, 0.15) is 38.4 Å². The van der Waals surface area contributed by atoms with E-state index in [1.165, 1.54) is 6.07 Å². The highest BCUT2D eigenvalue weighted by molar-refractivity contribution is 5.88. The molecule has 0 aliphatic rings. The average Bonchev–Trinajstić information content (AvgIpc) is 3.01. The van der Waals surface area contributed by atoms with E-state index in [9.17, 15) is 9.18 Å². The van der Waals surface area contributed by atoms with Crippen molar-refractivity contribution in [2.45, 2.75) is 45.8 Å². The van der Waals surface area contributed by atoms with Gasteiger partial charge in [-0.15, -0.1) is 0 Å². The standard InChI is InChI=1S/C23H27FN2O2/c1-4-23(2,3)22-11-17-10-20(25)19(24)12-21(17)26(22)13-18(27)15-28-14-16-8-6-5-7-9-16/h5-12H,4,13-15,25H2,1-3H3. The average molecular weight is 382 g/mol. The van der Waals surface area contributed by atoms with Gasteiger partial charge in [-0.05, 0) is 24.1 Å². The largest absolute Gasteiger partial charge is 0.396 e. The smallest absolute Gasteiger partial charge is 0.178 e. The molecule has 0 aliphatic carbocycles. The summed E-state index contributed by atoms with van der Waals surface area (Å²) in [7, 11) is 0. The number of ketones is 1. The summed E-state index contributed by atoms with van der Waals surface area (Å²) in [5.41, 5.74) is 8.39. The number of nitrogen functional groups attached to an aromatic ring is 1. The van der Waals surface area contributed by atoms with Crippen molar-refractivity contribution < 1.29 is 13.9 Å². The van der Waals surface area contributed by atoms with Gasteiger partial charge in [-0.25, -0.2) is 4.39 Å². The lowest BCUT2D eigenvalue weighted by atomic mass is 9.86. The fraction of sp³-hybridized carbons (Fsp3) is 0.348. The van der Waals surface area contributed by atoms with E-state index in [4.69, 9.17) is 10.5 Å². The molecule has 0 unspecified atom stereocenters. The molecule has 5 heteroatoms. The summed E-state index contributed by atoms with van der Waals surface area (Å²) in [6.07, 6.45) is 0.889. The van der Waals surface area contributed by atoms with Crippen molar-refractivity contribution in [1.82, 2.24) is 4.57 Å². The van der Waals surface area contributed by atoms with Crippen molar-refractivity contribution in [2.75, 3.05) is 12.3 Å². The van der Waals surface area contributed by atoms with Crippen LogP contribution in [0.4, 0.5) is 10.1 Å². The molecular formula is C23H27FN2O2. The maximum absolute atomic E-state index is 14.1. The topological polar surface area (TPSA) is 57.2 Å². The number of rotatable bonds is 8. The highest BCUT2D eigenvalue weighted by atomic mass is 19.1. The zero-order chi connectivity index (χ0) is 20.3. The minimum absolute atomic E-state index is 0.0119. The number of hydrogen-bond acceptors (Lipinski definition) is 3. The van der Waals surface area contributed by atoms with Gasteiger partial charge in [0.25, 0.3) is 0 Å². The van der Waals surface area contributed by atoms with E-state index in [1.807, 2.05) is 41.0 Å². The van der Waals surface area contributed by atoms with Crippen LogP contribution in [0.5, 0.6) is 0 Å². The number of hydrogen-bond donors (Lipinski definition) is 1. The number of ether oxygens (including phenoxy) is 1. The minimum atomic E-state index is -0.472. The quantitative estimate of drug-likeness (QED) is 0.567. The van der Waals surface area contributed by atoms with Crippen molar-refractivity contribution in [2.24, 2.45) is 0 Å². The summed E-state index contributed by atoms with van der Waals surface area (Å²) in [6, 6.07) is 14.8. The number of aromatic nitrogens is 1. The number of carbonyl (C=O) groups is 1. The van der Waals surface area contributed by atoms with Crippen LogP contribution in [0, 0.1) is 5.82 Å². The summed E-state index contributed by atoms with van der Waals surface area (Å²) in [6.45, 7) is 6.87. The molecule has 1 heterocycles. The summed E-state index contributed by atoms with van der Waals surface area (Å²) >= 11 is 0. The number of benzene rings is 2. The molecule has 28 heavy (non-hydrogen) atoms. The molecule has 4 nitrogen and oxygen atoms in total. The maximum Gasteiger partial charge on any atom is 0.178 e. The Morgan fingerprint density at radius 2 is 1.89 bits per heavy atom. The predicted octanol–water partition coefficient (Wildman–Crippen LogP) is 4.84. The van der Waals surface area contributed by atoms with Crippen LogP contribution < -0.4 is 5.73 Å². The zero-order valence-corrected chi connectivity index (χ0v) is 16.7. The number of carbonyl (C=O) groups excluding carboxylic acids is 1. The first kappa shape index (κ1) is 20.1.